The van der Waals surface area contributed by atoms with Crippen molar-refractivity contribution in [2.24, 2.45) is 0 Å². The zero-order chi connectivity index (χ0) is 23.5. The van der Waals surface area contributed by atoms with Gasteiger partial charge in [0.1, 0.15) is 9.71 Å². The second-order valence-electron chi connectivity index (χ2n) is 7.29. The third-order valence-electron chi connectivity index (χ3n) is 4.99. The quantitative estimate of drug-likeness (QED) is 0.157. The fourth-order valence-electron chi connectivity index (χ4n) is 3.39. The highest BCUT2D eigenvalue weighted by molar-refractivity contribution is 7.98. The first-order chi connectivity index (χ1) is 15.9. The summed E-state index contributed by atoms with van der Waals surface area (Å²) in [5.41, 5.74) is 2.35. The van der Waals surface area contributed by atoms with Gasteiger partial charge >= 0.3 is 5.97 Å². The van der Waals surface area contributed by atoms with Gasteiger partial charge < -0.3 is 4.74 Å². The molecule has 0 spiro atoms. The predicted molar refractivity (Wildman–Crippen MR) is 136 cm³/mol. The molecule has 0 bridgehead atoms. The Morgan fingerprint density at radius 1 is 1.12 bits per heavy atom. The molecule has 0 aliphatic heterocycles. The molecule has 0 unspecified atom stereocenters. The zero-order valence-electron chi connectivity index (χ0n) is 17.9. The Kier molecular flexibility index (Phi) is 7.44. The van der Waals surface area contributed by atoms with Crippen LogP contribution in [0, 0.1) is 6.92 Å². The number of halogens is 2. The topological polar surface area (TPSA) is 61.2 Å². The molecule has 0 aliphatic carbocycles. The number of benzene rings is 2. The minimum Gasteiger partial charge on any atom is -0.462 e. The highest BCUT2D eigenvalue weighted by Crippen LogP contribution is 2.31. The molecular weight excluding hydrogens is 499 g/mol. The van der Waals surface area contributed by atoms with Crippen molar-refractivity contribution in [3.63, 3.8) is 0 Å². The molecule has 2 aromatic carbocycles. The molecule has 0 saturated heterocycles. The summed E-state index contributed by atoms with van der Waals surface area (Å²) in [5, 5.41) is 2.28. The van der Waals surface area contributed by atoms with Crippen LogP contribution in [0.1, 0.15) is 33.3 Å². The van der Waals surface area contributed by atoms with Gasteiger partial charge in [0.25, 0.3) is 5.56 Å². The minimum atomic E-state index is -0.436. The number of thioether (sulfide) groups is 1. The van der Waals surface area contributed by atoms with E-state index in [1.54, 1.807) is 24.5 Å². The van der Waals surface area contributed by atoms with Crippen molar-refractivity contribution >= 4 is 62.5 Å². The molecule has 2 heterocycles. The highest BCUT2D eigenvalue weighted by Gasteiger charge is 2.22. The maximum atomic E-state index is 13.6. The Morgan fingerprint density at radius 2 is 1.88 bits per heavy atom. The summed E-state index contributed by atoms with van der Waals surface area (Å²) < 4.78 is 6.81. The SMILES string of the molecule is CCOC(=O)c1sc2nc(SCc3ccc(Cl)cc3)n(Cc3cccc(Cl)c3)c(=O)c2c1C. The summed E-state index contributed by atoms with van der Waals surface area (Å²) in [6.45, 7) is 4.09. The number of aryl methyl sites for hydroxylation is 1. The van der Waals surface area contributed by atoms with Crippen molar-refractivity contribution in [2.75, 3.05) is 6.61 Å². The van der Waals surface area contributed by atoms with Gasteiger partial charge in [-0.15, -0.1) is 11.3 Å². The van der Waals surface area contributed by atoms with Gasteiger partial charge in [-0.05, 0) is 54.8 Å². The molecule has 170 valence electrons. The first-order valence-electron chi connectivity index (χ1n) is 10.2. The third-order valence-corrected chi connectivity index (χ3v) is 7.69. The number of carbonyl (C=O) groups excluding carboxylic acids is 1. The first kappa shape index (κ1) is 23.8. The van der Waals surface area contributed by atoms with Crippen molar-refractivity contribution in [1.82, 2.24) is 9.55 Å². The number of carbonyl (C=O) groups is 1. The van der Waals surface area contributed by atoms with Crippen LogP contribution in [0.2, 0.25) is 10.0 Å². The summed E-state index contributed by atoms with van der Waals surface area (Å²) in [4.78, 5) is 31.8. The summed E-state index contributed by atoms with van der Waals surface area (Å²) in [6, 6.07) is 15.0. The lowest BCUT2D eigenvalue weighted by Crippen LogP contribution is -2.24. The van der Waals surface area contributed by atoms with E-state index in [0.717, 1.165) is 11.1 Å². The molecule has 0 N–H and O–H groups in total. The predicted octanol–water partition coefficient (Wildman–Crippen LogP) is 6.59. The number of aromatic nitrogens is 2. The van der Waals surface area contributed by atoms with E-state index in [2.05, 4.69) is 0 Å². The number of nitrogens with zero attached hydrogens (tertiary/aromatic N) is 2. The van der Waals surface area contributed by atoms with Gasteiger partial charge in [0.15, 0.2) is 5.16 Å². The molecule has 5 nitrogen and oxygen atoms in total. The van der Waals surface area contributed by atoms with Crippen molar-refractivity contribution in [3.8, 4) is 0 Å². The molecule has 33 heavy (non-hydrogen) atoms. The highest BCUT2D eigenvalue weighted by atomic mass is 35.5. The summed E-state index contributed by atoms with van der Waals surface area (Å²) in [5.74, 6) is 0.175. The molecule has 0 atom stereocenters. The van der Waals surface area contributed by atoms with E-state index in [1.807, 2.05) is 42.5 Å². The molecule has 4 rings (SSSR count). The maximum Gasteiger partial charge on any atom is 0.348 e. The summed E-state index contributed by atoms with van der Waals surface area (Å²) >= 11 is 14.8. The second-order valence-corrected chi connectivity index (χ2v) is 10.1. The lowest BCUT2D eigenvalue weighted by atomic mass is 10.2. The third kappa shape index (κ3) is 5.27. The van der Waals surface area contributed by atoms with Crippen LogP contribution in [-0.4, -0.2) is 22.1 Å². The van der Waals surface area contributed by atoms with Crippen molar-refractivity contribution in [3.05, 3.63) is 90.5 Å². The molecule has 0 amide bonds. The molecule has 0 aliphatic rings. The van der Waals surface area contributed by atoms with Gasteiger partial charge in [-0.1, -0.05) is 59.2 Å². The van der Waals surface area contributed by atoms with Crippen molar-refractivity contribution in [2.45, 2.75) is 31.3 Å². The van der Waals surface area contributed by atoms with E-state index < -0.39 is 5.97 Å². The fourth-order valence-corrected chi connectivity index (χ4v) is 5.79. The van der Waals surface area contributed by atoms with Gasteiger partial charge in [-0.2, -0.15) is 0 Å². The number of ether oxygens (including phenoxy) is 1. The number of fused-ring (bicyclic) bond motifs is 1. The largest absolute Gasteiger partial charge is 0.462 e. The number of rotatable bonds is 7. The smallest absolute Gasteiger partial charge is 0.348 e. The molecule has 9 heteroatoms. The summed E-state index contributed by atoms with van der Waals surface area (Å²) in [6.07, 6.45) is 0. The van der Waals surface area contributed by atoms with Crippen molar-refractivity contribution in [1.29, 1.82) is 0 Å². The van der Waals surface area contributed by atoms with Gasteiger partial charge in [0, 0.05) is 15.8 Å². The van der Waals surface area contributed by atoms with E-state index in [4.69, 9.17) is 32.9 Å². The molecule has 0 saturated carbocycles. The average Bonchev–Trinajstić information content (AvgIpc) is 3.12. The van der Waals surface area contributed by atoms with Gasteiger partial charge in [0.05, 0.1) is 18.5 Å². The maximum absolute atomic E-state index is 13.6. The van der Waals surface area contributed by atoms with Gasteiger partial charge in [-0.3, -0.25) is 9.36 Å². The average molecular weight is 519 g/mol. The van der Waals surface area contributed by atoms with Crippen LogP contribution in [0.15, 0.2) is 58.5 Å². The minimum absolute atomic E-state index is 0.192. The lowest BCUT2D eigenvalue weighted by Gasteiger charge is -2.13. The lowest BCUT2D eigenvalue weighted by molar-refractivity contribution is 0.0531. The summed E-state index contributed by atoms with van der Waals surface area (Å²) in [7, 11) is 0. The van der Waals surface area contributed by atoms with E-state index in [0.29, 0.717) is 48.2 Å². The second kappa shape index (κ2) is 10.3. The first-order valence-corrected chi connectivity index (χ1v) is 12.8. The Balaban J connectivity index is 1.80. The van der Waals surface area contributed by atoms with Crippen LogP contribution >= 0.6 is 46.3 Å². The van der Waals surface area contributed by atoms with Crippen LogP contribution in [0.4, 0.5) is 0 Å². The Labute approximate surface area is 209 Å². The van der Waals surface area contributed by atoms with Crippen LogP contribution in [0.3, 0.4) is 0 Å². The fraction of sp³-hybridized carbons (Fsp3) is 0.208. The van der Waals surface area contributed by atoms with Crippen LogP contribution in [0.25, 0.3) is 10.2 Å². The molecule has 0 radical (unpaired) electrons. The van der Waals surface area contributed by atoms with Crippen LogP contribution in [-0.2, 0) is 17.0 Å². The molecule has 0 fully saturated rings. The Morgan fingerprint density at radius 3 is 2.58 bits per heavy atom. The van der Waals surface area contributed by atoms with Crippen molar-refractivity contribution < 1.29 is 9.53 Å². The van der Waals surface area contributed by atoms with Crippen LogP contribution in [0.5, 0.6) is 0 Å². The molecule has 2 aromatic heterocycles. The van der Waals surface area contributed by atoms with Gasteiger partial charge in [-0.25, -0.2) is 9.78 Å². The number of thiophene rings is 1. The number of hydrogen-bond acceptors (Lipinski definition) is 6. The zero-order valence-corrected chi connectivity index (χ0v) is 21.1. The van der Waals surface area contributed by atoms with E-state index >= 15 is 0 Å². The Bertz CT molecular complexity index is 1380. The van der Waals surface area contributed by atoms with E-state index in [-0.39, 0.29) is 12.2 Å². The van der Waals surface area contributed by atoms with Crippen LogP contribution < -0.4 is 5.56 Å². The number of esters is 1. The van der Waals surface area contributed by atoms with Gasteiger partial charge in [0.2, 0.25) is 0 Å². The standard InChI is InChI=1S/C24H20Cl2N2O3S2/c1-3-31-23(30)20-14(2)19-21(33-20)27-24(32-13-15-7-9-17(25)10-8-15)28(22(19)29)12-16-5-4-6-18(26)11-16/h4-11H,3,12-13H2,1-2H3. The molecule has 4 aromatic rings. The molecular formula is C24H20Cl2N2O3S2. The van der Waals surface area contributed by atoms with E-state index in [1.165, 1.54) is 23.1 Å². The Hall–Kier alpha value is -2.32. The monoisotopic (exact) mass is 518 g/mol. The number of hydrogen-bond donors (Lipinski definition) is 0. The van der Waals surface area contributed by atoms with E-state index in [9.17, 15) is 9.59 Å². The normalized spacial score (nSPS) is 11.2.